The molecule has 4 nitrogen and oxygen atoms in total. The molecule has 1 heterocycles. The third-order valence-electron chi connectivity index (χ3n) is 4.56. The number of piperidine rings is 1. The van der Waals surface area contributed by atoms with Gasteiger partial charge in [0.25, 0.3) is 0 Å². The van der Waals surface area contributed by atoms with Crippen molar-refractivity contribution in [1.82, 2.24) is 10.2 Å². The number of hydrogen-bond donors (Lipinski definition) is 1. The van der Waals surface area contributed by atoms with E-state index in [-0.39, 0.29) is 0 Å². The van der Waals surface area contributed by atoms with E-state index in [0.717, 1.165) is 44.5 Å². The number of rotatable bonds is 6. The number of methoxy groups -OCH3 is 1. The summed E-state index contributed by atoms with van der Waals surface area (Å²) in [4.78, 5) is 2.43. The minimum atomic E-state index is -0.598. The number of nitriles is 1. The Labute approximate surface area is 127 Å². The summed E-state index contributed by atoms with van der Waals surface area (Å²) in [5.41, 5.74) is 0.445. The maximum atomic E-state index is 9.69. The zero-order valence-corrected chi connectivity index (χ0v) is 13.0. The van der Waals surface area contributed by atoms with Gasteiger partial charge in [-0.15, -0.1) is 0 Å². The highest BCUT2D eigenvalue weighted by Gasteiger charge is 2.31. The Bertz CT molecular complexity index is 463. The summed E-state index contributed by atoms with van der Waals surface area (Å²) in [6, 6.07) is 12.5. The molecule has 0 amide bonds. The van der Waals surface area contributed by atoms with Crippen LogP contribution in [0.15, 0.2) is 30.3 Å². The van der Waals surface area contributed by atoms with Crippen LogP contribution in [0.25, 0.3) is 0 Å². The van der Waals surface area contributed by atoms with E-state index in [2.05, 4.69) is 16.3 Å². The first-order valence-corrected chi connectivity index (χ1v) is 7.65. The van der Waals surface area contributed by atoms with Gasteiger partial charge < -0.3 is 9.64 Å². The standard InChI is InChI=1S/C17H25N3O/c1-19-17(14-18,15-6-4-3-5-7-15)10-13-20-11-8-16(21-2)9-12-20/h3-7,16,19H,8-13H2,1-2H3. The summed E-state index contributed by atoms with van der Waals surface area (Å²) >= 11 is 0. The highest BCUT2D eigenvalue weighted by Crippen LogP contribution is 2.25. The second-order valence-electron chi connectivity index (χ2n) is 5.66. The lowest BCUT2D eigenvalue weighted by Crippen LogP contribution is -2.44. The molecule has 114 valence electrons. The van der Waals surface area contributed by atoms with Crippen molar-refractivity contribution in [1.29, 1.82) is 5.26 Å². The van der Waals surface area contributed by atoms with Gasteiger partial charge in [0, 0.05) is 26.7 Å². The lowest BCUT2D eigenvalue weighted by atomic mass is 9.87. The van der Waals surface area contributed by atoms with Gasteiger partial charge in [0.15, 0.2) is 0 Å². The molecule has 1 saturated heterocycles. The molecule has 1 unspecified atom stereocenters. The summed E-state index contributed by atoms with van der Waals surface area (Å²) in [5.74, 6) is 0. The van der Waals surface area contributed by atoms with Crippen molar-refractivity contribution in [2.75, 3.05) is 33.8 Å². The van der Waals surface area contributed by atoms with E-state index in [1.54, 1.807) is 7.11 Å². The fourth-order valence-corrected chi connectivity index (χ4v) is 3.01. The van der Waals surface area contributed by atoms with E-state index in [9.17, 15) is 5.26 Å². The third-order valence-corrected chi connectivity index (χ3v) is 4.56. The largest absolute Gasteiger partial charge is 0.381 e. The molecule has 2 rings (SSSR count). The molecule has 0 aromatic heterocycles. The average Bonchev–Trinajstić information content (AvgIpc) is 2.58. The van der Waals surface area contributed by atoms with Crippen LogP contribution in [0.5, 0.6) is 0 Å². The number of nitrogens with one attached hydrogen (secondary N) is 1. The molecule has 1 aromatic carbocycles. The topological polar surface area (TPSA) is 48.3 Å². The van der Waals surface area contributed by atoms with Crippen LogP contribution in [0, 0.1) is 11.3 Å². The Kier molecular flexibility index (Phi) is 5.75. The predicted molar refractivity (Wildman–Crippen MR) is 83.9 cm³/mol. The van der Waals surface area contributed by atoms with Crippen molar-refractivity contribution in [2.24, 2.45) is 0 Å². The van der Waals surface area contributed by atoms with E-state index in [1.807, 2.05) is 37.4 Å². The zero-order chi connectivity index (χ0) is 15.1. The maximum absolute atomic E-state index is 9.69. The SMILES string of the molecule is CNC(C#N)(CCN1CCC(OC)CC1)c1ccccc1. The van der Waals surface area contributed by atoms with Gasteiger partial charge in [-0.2, -0.15) is 5.26 Å². The molecule has 0 radical (unpaired) electrons. The molecule has 0 aliphatic carbocycles. The number of likely N-dealkylation sites (tertiary alicyclic amines) is 1. The Morgan fingerprint density at radius 2 is 2.00 bits per heavy atom. The molecule has 1 N–H and O–H groups in total. The summed E-state index contributed by atoms with van der Waals surface area (Å²) in [5, 5.41) is 12.9. The molecule has 0 spiro atoms. The van der Waals surface area contributed by atoms with Gasteiger partial charge in [-0.3, -0.25) is 5.32 Å². The van der Waals surface area contributed by atoms with E-state index >= 15 is 0 Å². The van der Waals surface area contributed by atoms with Crippen molar-refractivity contribution in [2.45, 2.75) is 30.9 Å². The minimum absolute atomic E-state index is 0.403. The molecular weight excluding hydrogens is 262 g/mol. The van der Waals surface area contributed by atoms with Crippen LogP contribution in [0.2, 0.25) is 0 Å². The highest BCUT2D eigenvalue weighted by atomic mass is 16.5. The van der Waals surface area contributed by atoms with Crippen molar-refractivity contribution < 1.29 is 4.74 Å². The molecule has 0 bridgehead atoms. The maximum Gasteiger partial charge on any atom is 0.133 e. The monoisotopic (exact) mass is 287 g/mol. The fraction of sp³-hybridized carbons (Fsp3) is 0.588. The quantitative estimate of drug-likeness (QED) is 0.871. The fourth-order valence-electron chi connectivity index (χ4n) is 3.01. The van der Waals surface area contributed by atoms with Gasteiger partial charge in [0.2, 0.25) is 0 Å². The van der Waals surface area contributed by atoms with Gasteiger partial charge >= 0.3 is 0 Å². The number of nitrogens with zero attached hydrogens (tertiary/aromatic N) is 2. The van der Waals surface area contributed by atoms with Crippen LogP contribution >= 0.6 is 0 Å². The van der Waals surface area contributed by atoms with E-state index in [4.69, 9.17) is 4.74 Å². The Balaban J connectivity index is 1.97. The van der Waals surface area contributed by atoms with Crippen LogP contribution in [-0.4, -0.2) is 44.8 Å². The summed E-state index contributed by atoms with van der Waals surface area (Å²) in [7, 11) is 3.66. The second-order valence-corrected chi connectivity index (χ2v) is 5.66. The second kappa shape index (κ2) is 7.56. The molecule has 4 heteroatoms. The van der Waals surface area contributed by atoms with Crippen LogP contribution in [0.3, 0.4) is 0 Å². The first-order chi connectivity index (χ1) is 10.2. The van der Waals surface area contributed by atoms with Gasteiger partial charge in [-0.1, -0.05) is 30.3 Å². The molecular formula is C17H25N3O. The smallest absolute Gasteiger partial charge is 0.133 e. The van der Waals surface area contributed by atoms with E-state index in [1.165, 1.54) is 0 Å². The van der Waals surface area contributed by atoms with Crippen LogP contribution in [0.1, 0.15) is 24.8 Å². The predicted octanol–water partition coefficient (Wildman–Crippen LogP) is 2.13. The Morgan fingerprint density at radius 1 is 1.33 bits per heavy atom. The van der Waals surface area contributed by atoms with Crippen molar-refractivity contribution in [3.05, 3.63) is 35.9 Å². The van der Waals surface area contributed by atoms with Gasteiger partial charge in [0.05, 0.1) is 12.2 Å². The van der Waals surface area contributed by atoms with Gasteiger partial charge in [-0.05, 0) is 31.9 Å². The molecule has 1 fully saturated rings. The lowest BCUT2D eigenvalue weighted by molar-refractivity contribution is 0.0393. The van der Waals surface area contributed by atoms with Gasteiger partial charge in [0.1, 0.15) is 5.54 Å². The van der Waals surface area contributed by atoms with Crippen molar-refractivity contribution >= 4 is 0 Å². The summed E-state index contributed by atoms with van der Waals surface area (Å²) in [6.07, 6.45) is 3.37. The van der Waals surface area contributed by atoms with E-state index in [0.29, 0.717) is 6.10 Å². The Hall–Kier alpha value is -1.41. The van der Waals surface area contributed by atoms with Crippen LogP contribution in [0.4, 0.5) is 0 Å². The normalized spacial score (nSPS) is 19.9. The molecule has 1 aliphatic heterocycles. The number of benzene rings is 1. The average molecular weight is 287 g/mol. The number of hydrogen-bond acceptors (Lipinski definition) is 4. The minimum Gasteiger partial charge on any atom is -0.381 e. The summed E-state index contributed by atoms with van der Waals surface area (Å²) in [6.45, 7) is 3.04. The van der Waals surface area contributed by atoms with Crippen LogP contribution in [-0.2, 0) is 10.3 Å². The number of ether oxygens (including phenoxy) is 1. The van der Waals surface area contributed by atoms with Crippen LogP contribution < -0.4 is 5.32 Å². The first-order valence-electron chi connectivity index (χ1n) is 7.65. The van der Waals surface area contributed by atoms with Crippen molar-refractivity contribution in [3.63, 3.8) is 0 Å². The summed E-state index contributed by atoms with van der Waals surface area (Å²) < 4.78 is 5.41. The highest BCUT2D eigenvalue weighted by molar-refractivity contribution is 5.31. The molecule has 1 atom stereocenters. The molecule has 0 saturated carbocycles. The molecule has 1 aromatic rings. The van der Waals surface area contributed by atoms with Crippen molar-refractivity contribution in [3.8, 4) is 6.07 Å². The zero-order valence-electron chi connectivity index (χ0n) is 13.0. The Morgan fingerprint density at radius 3 is 2.52 bits per heavy atom. The third kappa shape index (κ3) is 3.82. The molecule has 21 heavy (non-hydrogen) atoms. The lowest BCUT2D eigenvalue weighted by Gasteiger charge is -2.34. The van der Waals surface area contributed by atoms with E-state index < -0.39 is 5.54 Å². The van der Waals surface area contributed by atoms with Gasteiger partial charge in [-0.25, -0.2) is 0 Å². The first kappa shape index (κ1) is 16.0. The molecule has 1 aliphatic rings.